The molecule has 27 heavy (non-hydrogen) atoms. The number of carbonyl (C=O) groups is 1. The number of H-pyrrole nitrogens is 1. The van der Waals surface area contributed by atoms with Crippen LogP contribution < -0.4 is 5.32 Å². The van der Waals surface area contributed by atoms with Gasteiger partial charge in [-0.3, -0.25) is 9.78 Å². The van der Waals surface area contributed by atoms with Gasteiger partial charge in [-0.25, -0.2) is 4.39 Å². The van der Waals surface area contributed by atoms with Crippen molar-refractivity contribution in [2.45, 2.75) is 6.54 Å². The number of benzene rings is 1. The van der Waals surface area contributed by atoms with Crippen LogP contribution in [0.25, 0.3) is 22.6 Å². The molecule has 0 bridgehead atoms. The third-order valence-electron chi connectivity index (χ3n) is 4.19. The number of furan rings is 1. The molecule has 0 saturated heterocycles. The second-order valence-corrected chi connectivity index (χ2v) is 5.98. The summed E-state index contributed by atoms with van der Waals surface area (Å²) in [5.74, 6) is 0.118. The van der Waals surface area contributed by atoms with E-state index in [-0.39, 0.29) is 11.7 Å². The van der Waals surface area contributed by atoms with Gasteiger partial charge >= 0.3 is 0 Å². The summed E-state index contributed by atoms with van der Waals surface area (Å²) in [4.78, 5) is 19.8. The largest absolute Gasteiger partial charge is 0.463 e. The highest BCUT2D eigenvalue weighted by Crippen LogP contribution is 2.22. The van der Waals surface area contributed by atoms with E-state index in [1.54, 1.807) is 42.9 Å². The third kappa shape index (κ3) is 3.64. The molecule has 1 aromatic carbocycles. The number of nitrogens with zero attached hydrogens (tertiary/aromatic N) is 1. The predicted molar refractivity (Wildman–Crippen MR) is 99.3 cm³/mol. The Morgan fingerprint density at radius 1 is 1.11 bits per heavy atom. The number of rotatable bonds is 5. The minimum Gasteiger partial charge on any atom is -0.463 e. The lowest BCUT2D eigenvalue weighted by atomic mass is 10.1. The van der Waals surface area contributed by atoms with Crippen molar-refractivity contribution >= 4 is 5.91 Å². The van der Waals surface area contributed by atoms with E-state index >= 15 is 0 Å². The first kappa shape index (κ1) is 16.8. The molecule has 0 aliphatic carbocycles. The summed E-state index contributed by atoms with van der Waals surface area (Å²) < 4.78 is 18.5. The highest BCUT2D eigenvalue weighted by atomic mass is 19.1. The summed E-state index contributed by atoms with van der Waals surface area (Å²) in [7, 11) is 0. The van der Waals surface area contributed by atoms with Crippen LogP contribution in [-0.2, 0) is 6.54 Å². The zero-order chi connectivity index (χ0) is 18.6. The summed E-state index contributed by atoms with van der Waals surface area (Å²) in [5.41, 5.74) is 3.63. The summed E-state index contributed by atoms with van der Waals surface area (Å²) in [5, 5.41) is 2.88. The zero-order valence-corrected chi connectivity index (χ0v) is 14.3. The molecule has 6 heteroatoms. The Morgan fingerprint density at radius 2 is 1.96 bits per heavy atom. The number of pyridine rings is 1. The molecule has 0 aliphatic heterocycles. The molecule has 5 nitrogen and oxygen atoms in total. The summed E-state index contributed by atoms with van der Waals surface area (Å²) in [6.45, 7) is 0.313. The van der Waals surface area contributed by atoms with Gasteiger partial charge in [-0.05, 0) is 47.5 Å². The number of hydrogen-bond donors (Lipinski definition) is 2. The van der Waals surface area contributed by atoms with E-state index < -0.39 is 0 Å². The van der Waals surface area contributed by atoms with Crippen LogP contribution in [0.4, 0.5) is 4.39 Å². The Kier molecular flexibility index (Phi) is 4.53. The molecule has 0 spiro atoms. The van der Waals surface area contributed by atoms with Crippen molar-refractivity contribution in [3.63, 3.8) is 0 Å². The van der Waals surface area contributed by atoms with Crippen LogP contribution in [0.1, 0.15) is 16.1 Å². The lowest BCUT2D eigenvalue weighted by molar-refractivity contribution is 0.0946. The fourth-order valence-electron chi connectivity index (χ4n) is 2.82. The van der Waals surface area contributed by atoms with E-state index in [1.807, 2.05) is 18.2 Å². The highest BCUT2D eigenvalue weighted by molar-refractivity contribution is 5.94. The van der Waals surface area contributed by atoms with Gasteiger partial charge in [0.25, 0.3) is 5.91 Å². The Balaban J connectivity index is 1.47. The van der Waals surface area contributed by atoms with Gasteiger partial charge in [0.15, 0.2) is 5.76 Å². The lowest BCUT2D eigenvalue weighted by Crippen LogP contribution is -2.23. The van der Waals surface area contributed by atoms with E-state index in [0.29, 0.717) is 23.7 Å². The van der Waals surface area contributed by atoms with Crippen LogP contribution in [0.15, 0.2) is 77.7 Å². The van der Waals surface area contributed by atoms with Crippen molar-refractivity contribution in [1.29, 1.82) is 0 Å². The molecule has 0 atom stereocenters. The third-order valence-corrected chi connectivity index (χ3v) is 4.19. The first-order valence-electron chi connectivity index (χ1n) is 8.41. The van der Waals surface area contributed by atoms with Crippen LogP contribution in [0, 0.1) is 5.82 Å². The van der Waals surface area contributed by atoms with Crippen molar-refractivity contribution in [3.05, 3.63) is 90.3 Å². The van der Waals surface area contributed by atoms with Crippen LogP contribution in [-0.4, -0.2) is 15.9 Å². The van der Waals surface area contributed by atoms with Gasteiger partial charge in [-0.1, -0.05) is 18.2 Å². The summed E-state index contributed by atoms with van der Waals surface area (Å²) in [6.07, 6.45) is 4.99. The molecule has 3 aromatic heterocycles. The summed E-state index contributed by atoms with van der Waals surface area (Å²) >= 11 is 0. The molecule has 4 aromatic rings. The minimum atomic E-state index is -0.295. The average molecular weight is 361 g/mol. The highest BCUT2D eigenvalue weighted by Gasteiger charge is 2.13. The molecular formula is C21H16FN3O2. The number of carbonyl (C=O) groups excluding carboxylic acids is 1. The molecule has 0 unspecified atom stereocenters. The Labute approximate surface area is 154 Å². The van der Waals surface area contributed by atoms with E-state index in [9.17, 15) is 9.18 Å². The van der Waals surface area contributed by atoms with Gasteiger partial charge in [0.2, 0.25) is 0 Å². The first-order chi connectivity index (χ1) is 13.2. The van der Waals surface area contributed by atoms with E-state index in [2.05, 4.69) is 15.3 Å². The molecule has 0 saturated carbocycles. The van der Waals surface area contributed by atoms with Gasteiger partial charge in [0.05, 0.1) is 6.26 Å². The Bertz CT molecular complexity index is 1050. The number of hydrogen-bond acceptors (Lipinski definition) is 3. The SMILES string of the molecule is O=C(NCc1cccnc1-c1ccco1)c1cc(-c2ccc(F)cc2)c[nH]1. The lowest BCUT2D eigenvalue weighted by Gasteiger charge is -2.07. The molecule has 2 N–H and O–H groups in total. The van der Waals surface area contributed by atoms with Crippen molar-refractivity contribution < 1.29 is 13.6 Å². The van der Waals surface area contributed by atoms with E-state index in [1.165, 1.54) is 12.1 Å². The molecule has 4 rings (SSSR count). The van der Waals surface area contributed by atoms with Crippen LogP contribution in [0.5, 0.6) is 0 Å². The number of nitrogens with one attached hydrogen (secondary N) is 2. The smallest absolute Gasteiger partial charge is 0.267 e. The van der Waals surface area contributed by atoms with Crippen LogP contribution in [0.3, 0.4) is 0 Å². The maximum Gasteiger partial charge on any atom is 0.267 e. The molecule has 134 valence electrons. The molecule has 3 heterocycles. The van der Waals surface area contributed by atoms with Crippen molar-refractivity contribution in [3.8, 4) is 22.6 Å². The van der Waals surface area contributed by atoms with Gasteiger partial charge in [-0.2, -0.15) is 0 Å². The maximum absolute atomic E-state index is 13.0. The monoisotopic (exact) mass is 361 g/mol. The molecule has 1 amide bonds. The number of halogens is 1. The van der Waals surface area contributed by atoms with Gasteiger partial charge < -0.3 is 14.7 Å². The van der Waals surface area contributed by atoms with Gasteiger partial charge in [0, 0.05) is 24.5 Å². The van der Waals surface area contributed by atoms with E-state index in [0.717, 1.165) is 16.7 Å². The number of aromatic amines is 1. The molecular weight excluding hydrogens is 345 g/mol. The normalized spacial score (nSPS) is 10.7. The minimum absolute atomic E-state index is 0.238. The number of amides is 1. The van der Waals surface area contributed by atoms with Crippen LogP contribution in [0.2, 0.25) is 0 Å². The van der Waals surface area contributed by atoms with Gasteiger partial charge in [-0.15, -0.1) is 0 Å². The fourth-order valence-corrected chi connectivity index (χ4v) is 2.82. The van der Waals surface area contributed by atoms with E-state index in [4.69, 9.17) is 4.42 Å². The second-order valence-electron chi connectivity index (χ2n) is 5.98. The molecule has 0 fully saturated rings. The maximum atomic E-state index is 13.0. The predicted octanol–water partition coefficient (Wildman–Crippen LogP) is 4.41. The van der Waals surface area contributed by atoms with Crippen molar-refractivity contribution in [2.24, 2.45) is 0 Å². The Morgan fingerprint density at radius 3 is 2.74 bits per heavy atom. The molecule has 0 radical (unpaired) electrons. The number of aromatic nitrogens is 2. The standard InChI is InChI=1S/C21H16FN3O2/c22-17-7-5-14(6-8-17)16-11-18(24-13-16)21(26)25-12-15-3-1-9-23-20(15)19-4-2-10-27-19/h1-11,13,24H,12H2,(H,25,26). The average Bonchev–Trinajstić information content (AvgIpc) is 3.39. The van der Waals surface area contributed by atoms with Crippen molar-refractivity contribution in [1.82, 2.24) is 15.3 Å². The zero-order valence-electron chi connectivity index (χ0n) is 14.3. The molecule has 0 aliphatic rings. The Hall–Kier alpha value is -3.67. The van der Waals surface area contributed by atoms with Crippen LogP contribution >= 0.6 is 0 Å². The second kappa shape index (κ2) is 7.29. The quantitative estimate of drug-likeness (QED) is 0.553. The summed E-state index contributed by atoms with van der Waals surface area (Å²) in [6, 6.07) is 15.2. The first-order valence-corrected chi connectivity index (χ1v) is 8.41. The topological polar surface area (TPSA) is 70.9 Å². The fraction of sp³-hybridized carbons (Fsp3) is 0.0476. The van der Waals surface area contributed by atoms with Gasteiger partial charge in [0.1, 0.15) is 17.2 Å². The van der Waals surface area contributed by atoms with Crippen molar-refractivity contribution in [2.75, 3.05) is 0 Å².